The number of carbonyl (C=O) groups excluding carboxylic acids is 2. The highest BCUT2D eigenvalue weighted by Crippen LogP contribution is 2.43. The molecule has 5 rings (SSSR count). The number of aliphatic hydroxyl groups excluding tert-OH is 1. The molecule has 1 atom stereocenters. The zero-order valence-corrected chi connectivity index (χ0v) is 19.1. The topological polar surface area (TPSA) is 91.0 Å². The van der Waals surface area contributed by atoms with Gasteiger partial charge >= 0.3 is 0 Å². The highest BCUT2D eigenvalue weighted by atomic mass is 35.5. The molecule has 0 spiro atoms. The molecule has 0 fully saturated rings. The molecule has 1 amide bonds. The Morgan fingerprint density at radius 1 is 0.941 bits per heavy atom. The van der Waals surface area contributed by atoms with Crippen LogP contribution in [0.2, 0.25) is 5.02 Å². The molecule has 0 bridgehead atoms. The molecule has 0 aliphatic carbocycles. The second-order valence-corrected chi connectivity index (χ2v) is 8.76. The summed E-state index contributed by atoms with van der Waals surface area (Å²) in [6.45, 7) is 3.88. The fourth-order valence-electron chi connectivity index (χ4n) is 4.21. The van der Waals surface area contributed by atoms with Gasteiger partial charge in [-0.15, -0.1) is 0 Å². The molecule has 0 radical (unpaired) electrons. The van der Waals surface area contributed by atoms with E-state index in [1.54, 1.807) is 42.5 Å². The molecule has 3 aromatic carbocycles. The van der Waals surface area contributed by atoms with Gasteiger partial charge in [-0.3, -0.25) is 14.5 Å². The van der Waals surface area contributed by atoms with Crippen LogP contribution in [0.5, 0.6) is 5.75 Å². The number of amides is 1. The van der Waals surface area contributed by atoms with Crippen LogP contribution in [0.1, 0.15) is 33.3 Å². The summed E-state index contributed by atoms with van der Waals surface area (Å²) in [7, 11) is 0. The van der Waals surface area contributed by atoms with Crippen molar-refractivity contribution >= 4 is 39.9 Å². The monoisotopic (exact) mass is 473 g/mol. The van der Waals surface area contributed by atoms with Crippen molar-refractivity contribution in [3.8, 4) is 5.75 Å². The summed E-state index contributed by atoms with van der Waals surface area (Å²) in [4.78, 5) is 28.3. The standard InChI is InChI=1S/C27H20ClNO5/c1-14-3-7-19(11-15(14)2)29-24(16-4-8-20(30)9-5-16)23(26(32)27(29)33)25(31)22-13-17-12-18(28)6-10-21(17)34-22/h3-13,24,30,32H,1-2H3. The Balaban J connectivity index is 1.66. The first-order valence-corrected chi connectivity index (χ1v) is 11.0. The number of fused-ring (bicyclic) bond motifs is 1. The molecule has 2 heterocycles. The number of phenols is 1. The van der Waals surface area contributed by atoms with Gasteiger partial charge in [-0.25, -0.2) is 0 Å². The van der Waals surface area contributed by atoms with E-state index in [9.17, 15) is 19.8 Å². The van der Waals surface area contributed by atoms with Crippen LogP contribution in [0, 0.1) is 13.8 Å². The Bertz CT molecular complexity index is 1500. The summed E-state index contributed by atoms with van der Waals surface area (Å²) >= 11 is 6.06. The predicted octanol–water partition coefficient (Wildman–Crippen LogP) is 6.19. The van der Waals surface area contributed by atoms with Crippen molar-refractivity contribution in [1.29, 1.82) is 0 Å². The average molecular weight is 474 g/mol. The number of aromatic hydroxyl groups is 1. The smallest absolute Gasteiger partial charge is 0.294 e. The van der Waals surface area contributed by atoms with Crippen LogP contribution in [0.25, 0.3) is 11.0 Å². The van der Waals surface area contributed by atoms with Crippen molar-refractivity contribution in [1.82, 2.24) is 0 Å². The van der Waals surface area contributed by atoms with Gasteiger partial charge in [-0.05, 0) is 79.1 Å². The Hall–Kier alpha value is -4.03. The van der Waals surface area contributed by atoms with Crippen LogP contribution in [-0.4, -0.2) is 21.9 Å². The van der Waals surface area contributed by atoms with Crippen LogP contribution in [0.4, 0.5) is 5.69 Å². The molecule has 170 valence electrons. The highest BCUT2D eigenvalue weighted by molar-refractivity contribution is 6.31. The summed E-state index contributed by atoms with van der Waals surface area (Å²) in [5, 5.41) is 21.8. The molecule has 7 heteroatoms. The van der Waals surface area contributed by atoms with Crippen LogP contribution in [-0.2, 0) is 4.79 Å². The Kier molecular flexibility index (Phi) is 5.18. The van der Waals surface area contributed by atoms with Crippen LogP contribution >= 0.6 is 11.6 Å². The highest BCUT2D eigenvalue weighted by Gasteiger charge is 2.45. The number of rotatable bonds is 4. The first kappa shape index (κ1) is 21.8. The van der Waals surface area contributed by atoms with E-state index in [0.717, 1.165) is 11.1 Å². The number of benzene rings is 3. The van der Waals surface area contributed by atoms with Gasteiger partial charge in [0, 0.05) is 16.1 Å². The normalized spacial score (nSPS) is 16.0. The lowest BCUT2D eigenvalue weighted by atomic mass is 9.94. The maximum Gasteiger partial charge on any atom is 0.294 e. The van der Waals surface area contributed by atoms with E-state index < -0.39 is 23.5 Å². The summed E-state index contributed by atoms with van der Waals surface area (Å²) in [5.74, 6) is -1.91. The second-order valence-electron chi connectivity index (χ2n) is 8.32. The minimum Gasteiger partial charge on any atom is -0.508 e. The SMILES string of the molecule is Cc1ccc(N2C(=O)C(O)=C(C(=O)c3cc4cc(Cl)ccc4o3)C2c2ccc(O)cc2)cc1C. The average Bonchev–Trinajstić information content (AvgIpc) is 3.34. The minimum atomic E-state index is -0.917. The van der Waals surface area contributed by atoms with Gasteiger partial charge in [0.05, 0.1) is 11.6 Å². The van der Waals surface area contributed by atoms with Gasteiger partial charge in [-0.2, -0.15) is 0 Å². The van der Waals surface area contributed by atoms with E-state index in [1.165, 1.54) is 17.0 Å². The predicted molar refractivity (Wildman–Crippen MR) is 129 cm³/mol. The molecular weight excluding hydrogens is 454 g/mol. The van der Waals surface area contributed by atoms with Gasteiger partial charge < -0.3 is 14.6 Å². The number of carbonyl (C=O) groups is 2. The number of nitrogens with zero attached hydrogens (tertiary/aromatic N) is 1. The van der Waals surface area contributed by atoms with Gasteiger partial charge in [0.1, 0.15) is 11.3 Å². The number of anilines is 1. The van der Waals surface area contributed by atoms with E-state index in [2.05, 4.69) is 0 Å². The summed E-state index contributed by atoms with van der Waals surface area (Å²) in [6.07, 6.45) is 0. The molecule has 1 aliphatic heterocycles. The molecule has 1 aromatic heterocycles. The van der Waals surface area contributed by atoms with Gasteiger partial charge in [0.25, 0.3) is 5.91 Å². The number of hydrogen-bond donors (Lipinski definition) is 2. The van der Waals surface area contributed by atoms with Crippen LogP contribution in [0.15, 0.2) is 82.5 Å². The molecule has 4 aromatic rings. The first-order valence-electron chi connectivity index (χ1n) is 10.6. The third kappa shape index (κ3) is 3.53. The molecule has 6 nitrogen and oxygen atoms in total. The quantitative estimate of drug-likeness (QED) is 0.345. The number of halogens is 1. The molecule has 34 heavy (non-hydrogen) atoms. The third-order valence-electron chi connectivity index (χ3n) is 6.13. The third-order valence-corrected chi connectivity index (χ3v) is 6.37. The molecule has 0 saturated heterocycles. The zero-order chi connectivity index (χ0) is 24.1. The fourth-order valence-corrected chi connectivity index (χ4v) is 4.39. The van der Waals surface area contributed by atoms with Crippen LogP contribution in [0.3, 0.4) is 0 Å². The van der Waals surface area contributed by atoms with Crippen LogP contribution < -0.4 is 4.90 Å². The minimum absolute atomic E-state index is 0.0164. The largest absolute Gasteiger partial charge is 0.508 e. The van der Waals surface area contributed by atoms with Crippen molar-refractivity contribution in [2.24, 2.45) is 0 Å². The first-order chi connectivity index (χ1) is 16.2. The van der Waals surface area contributed by atoms with E-state index in [-0.39, 0.29) is 17.1 Å². The lowest BCUT2D eigenvalue weighted by Crippen LogP contribution is -2.31. The lowest BCUT2D eigenvalue weighted by molar-refractivity contribution is -0.117. The summed E-state index contributed by atoms with van der Waals surface area (Å²) in [6, 6.07) is 17.3. The Morgan fingerprint density at radius 3 is 2.38 bits per heavy atom. The number of furan rings is 1. The molecule has 1 unspecified atom stereocenters. The molecular formula is C27H20ClNO5. The van der Waals surface area contributed by atoms with E-state index >= 15 is 0 Å². The second kappa shape index (κ2) is 8.08. The number of ketones is 1. The van der Waals surface area contributed by atoms with Gasteiger partial charge in [-0.1, -0.05) is 29.8 Å². The van der Waals surface area contributed by atoms with Crippen molar-refractivity contribution < 1.29 is 24.2 Å². The zero-order valence-electron chi connectivity index (χ0n) is 18.4. The summed E-state index contributed by atoms with van der Waals surface area (Å²) in [5.41, 5.74) is 3.46. The van der Waals surface area contributed by atoms with Crippen molar-refractivity contribution in [3.63, 3.8) is 0 Å². The maximum atomic E-state index is 13.6. The molecule has 1 aliphatic rings. The van der Waals surface area contributed by atoms with Gasteiger partial charge in [0.15, 0.2) is 11.5 Å². The number of aryl methyl sites for hydroxylation is 2. The van der Waals surface area contributed by atoms with Crippen molar-refractivity contribution in [2.45, 2.75) is 19.9 Å². The van der Waals surface area contributed by atoms with Crippen molar-refractivity contribution in [3.05, 3.63) is 106 Å². The lowest BCUT2D eigenvalue weighted by Gasteiger charge is -2.27. The number of phenolic OH excluding ortho intramolecular Hbond substituents is 1. The molecule has 0 saturated carbocycles. The van der Waals surface area contributed by atoms with Gasteiger partial charge in [0.2, 0.25) is 5.78 Å². The van der Waals surface area contributed by atoms with E-state index in [4.69, 9.17) is 16.0 Å². The molecule has 2 N–H and O–H groups in total. The Labute approximate surface area is 200 Å². The summed E-state index contributed by atoms with van der Waals surface area (Å²) < 4.78 is 5.74. The Morgan fingerprint density at radius 2 is 1.68 bits per heavy atom. The van der Waals surface area contributed by atoms with Crippen molar-refractivity contribution in [2.75, 3.05) is 4.90 Å². The fraction of sp³-hybridized carbons (Fsp3) is 0.111. The van der Waals surface area contributed by atoms with E-state index in [1.807, 2.05) is 26.0 Å². The number of Topliss-reactive ketones (excluding diaryl/α,β-unsaturated/α-hetero) is 1. The maximum absolute atomic E-state index is 13.6. The number of hydrogen-bond acceptors (Lipinski definition) is 5. The number of aliphatic hydroxyl groups is 1. The van der Waals surface area contributed by atoms with E-state index in [0.29, 0.717) is 27.2 Å².